The van der Waals surface area contributed by atoms with E-state index in [1.54, 1.807) is 0 Å². The molecule has 0 heterocycles. The molecule has 19 heavy (non-hydrogen) atoms. The normalized spacial score (nSPS) is 14.2. The van der Waals surface area contributed by atoms with E-state index in [1.807, 2.05) is 0 Å². The molecule has 0 nitrogen and oxygen atoms in total. The average Bonchev–Trinajstić information content (AvgIpc) is 2.92. The van der Waals surface area contributed by atoms with Crippen molar-refractivity contribution in [1.82, 2.24) is 0 Å². The maximum atomic E-state index is 3.26. The molecular weight excluding hydrogens is 409 g/mol. The van der Waals surface area contributed by atoms with Crippen molar-refractivity contribution >= 4 is 0 Å². The summed E-state index contributed by atoms with van der Waals surface area (Å²) in [6, 6.07) is 0. The van der Waals surface area contributed by atoms with Crippen LogP contribution in [0.15, 0.2) is 35.5 Å². The summed E-state index contributed by atoms with van der Waals surface area (Å²) in [4.78, 5) is 0. The van der Waals surface area contributed by atoms with E-state index in [0.29, 0.717) is 0 Å². The average molecular weight is 431 g/mol. The van der Waals surface area contributed by atoms with Crippen molar-refractivity contribution in [3.63, 3.8) is 0 Å². The summed E-state index contributed by atoms with van der Waals surface area (Å²) in [7, 11) is 0. The summed E-state index contributed by atoms with van der Waals surface area (Å²) >= 11 is 0. The summed E-state index contributed by atoms with van der Waals surface area (Å²) in [6.07, 6.45) is 22.2. The first-order valence-corrected chi connectivity index (χ1v) is 6.39. The Kier molecular flexibility index (Phi) is 19.7. The van der Waals surface area contributed by atoms with Gasteiger partial charge in [0.2, 0.25) is 0 Å². The molecule has 0 N–H and O–H groups in total. The Morgan fingerprint density at radius 1 is 0.842 bits per heavy atom. The van der Waals surface area contributed by atoms with Gasteiger partial charge in [0.1, 0.15) is 0 Å². The minimum absolute atomic E-state index is 0. The second kappa shape index (κ2) is 15.7. The van der Waals surface area contributed by atoms with Crippen molar-refractivity contribution in [3.05, 3.63) is 47.6 Å². The molecule has 0 saturated heterocycles. The summed E-state index contributed by atoms with van der Waals surface area (Å²) in [6.45, 7) is 4.39. The molecule has 0 unspecified atom stereocenters. The molecule has 104 valence electrons. The van der Waals surface area contributed by atoms with E-state index in [1.165, 1.54) is 36.8 Å². The maximum absolute atomic E-state index is 3.26. The summed E-state index contributed by atoms with van der Waals surface area (Å²) in [5.74, 6) is 0. The summed E-state index contributed by atoms with van der Waals surface area (Å²) in [5, 5.41) is 0. The van der Waals surface area contributed by atoms with E-state index in [-0.39, 0.29) is 35.3 Å². The van der Waals surface area contributed by atoms with Crippen molar-refractivity contribution in [2.24, 2.45) is 0 Å². The second-order valence-corrected chi connectivity index (χ2v) is 4.12. The van der Waals surface area contributed by atoms with Crippen LogP contribution in [0.4, 0.5) is 0 Å². The van der Waals surface area contributed by atoms with E-state index >= 15 is 0 Å². The molecule has 0 atom stereocenters. The molecule has 0 radical (unpaired) electrons. The molecule has 0 spiro atoms. The predicted molar refractivity (Wildman–Crippen MR) is 70.8 cm³/mol. The number of hydrogen-bond donors (Lipinski definition) is 0. The van der Waals surface area contributed by atoms with Gasteiger partial charge in [-0.2, -0.15) is 12.2 Å². The van der Waals surface area contributed by atoms with Crippen molar-refractivity contribution in [2.75, 3.05) is 0 Å². The van der Waals surface area contributed by atoms with Gasteiger partial charge in [-0.05, 0) is 0 Å². The van der Waals surface area contributed by atoms with E-state index in [9.17, 15) is 0 Å². The molecule has 0 aromatic rings. The van der Waals surface area contributed by atoms with Crippen molar-refractivity contribution in [1.29, 1.82) is 0 Å². The van der Waals surface area contributed by atoms with E-state index in [0.717, 1.165) is 12.8 Å². The molecule has 0 amide bonds. The van der Waals surface area contributed by atoms with Gasteiger partial charge in [-0.1, -0.05) is 39.5 Å². The number of halogens is 2. The van der Waals surface area contributed by atoms with Crippen molar-refractivity contribution in [2.45, 2.75) is 52.4 Å². The van der Waals surface area contributed by atoms with Gasteiger partial charge in [0.05, 0.1) is 0 Å². The van der Waals surface area contributed by atoms with Crippen LogP contribution in [0.3, 0.4) is 0 Å². The molecular formula is C16H22F2Hf. The van der Waals surface area contributed by atoms with E-state index in [4.69, 9.17) is 0 Å². The molecule has 2 aliphatic carbocycles. The van der Waals surface area contributed by atoms with E-state index in [2.05, 4.69) is 50.3 Å². The van der Waals surface area contributed by atoms with Gasteiger partial charge in [0.25, 0.3) is 0 Å². The molecule has 0 saturated carbocycles. The van der Waals surface area contributed by atoms with Crippen LogP contribution in [0, 0.1) is 12.2 Å². The fourth-order valence-electron chi connectivity index (χ4n) is 1.78. The Morgan fingerprint density at radius 2 is 1.21 bits per heavy atom. The molecule has 0 fully saturated rings. The van der Waals surface area contributed by atoms with Gasteiger partial charge in [-0.3, -0.25) is 12.2 Å². The van der Waals surface area contributed by atoms with Crippen LogP contribution in [0.2, 0.25) is 0 Å². The molecule has 3 heteroatoms. The Bertz CT molecular complexity index is 283. The quantitative estimate of drug-likeness (QED) is 0.395. The largest absolute Gasteiger partial charge is 4.00 e. The zero-order valence-corrected chi connectivity index (χ0v) is 15.4. The second-order valence-electron chi connectivity index (χ2n) is 4.12. The summed E-state index contributed by atoms with van der Waals surface area (Å²) < 4.78 is 0. The number of rotatable bonds is 4. The van der Waals surface area contributed by atoms with Crippen LogP contribution in [0.25, 0.3) is 0 Å². The first-order chi connectivity index (χ1) is 7.86. The number of allylic oxidation sites excluding steroid dienone is 8. The van der Waals surface area contributed by atoms with E-state index < -0.39 is 0 Å². The van der Waals surface area contributed by atoms with Crippen LogP contribution in [-0.4, -0.2) is 0 Å². The zero-order chi connectivity index (χ0) is 11.6. The van der Waals surface area contributed by atoms with Crippen LogP contribution >= 0.6 is 0 Å². The monoisotopic (exact) mass is 432 g/mol. The number of hydrogen-bond acceptors (Lipinski definition) is 0. The van der Waals surface area contributed by atoms with Gasteiger partial charge in [0, 0.05) is 0 Å². The molecule has 0 bridgehead atoms. The summed E-state index contributed by atoms with van der Waals surface area (Å²) in [5.41, 5.74) is 2.79. The minimum atomic E-state index is 0. The topological polar surface area (TPSA) is 0 Å². The molecule has 0 aliphatic heterocycles. The maximum Gasteiger partial charge on any atom is 4.00 e. The van der Waals surface area contributed by atoms with Gasteiger partial charge in [0.15, 0.2) is 0 Å². The van der Waals surface area contributed by atoms with Crippen molar-refractivity contribution < 1.29 is 35.3 Å². The van der Waals surface area contributed by atoms with Gasteiger partial charge >= 0.3 is 25.8 Å². The molecule has 0 aromatic heterocycles. The molecule has 0 aromatic carbocycles. The van der Waals surface area contributed by atoms with Crippen molar-refractivity contribution in [3.8, 4) is 0 Å². The van der Waals surface area contributed by atoms with Gasteiger partial charge in [-0.25, -0.2) is 23.3 Å². The van der Waals surface area contributed by atoms with Crippen LogP contribution in [0.1, 0.15) is 52.4 Å². The molecule has 2 rings (SSSR count). The first-order valence-electron chi connectivity index (χ1n) is 6.39. The van der Waals surface area contributed by atoms with Gasteiger partial charge in [-0.15, -0.1) is 12.8 Å². The standard InChI is InChI=1S/2C8H11.2FH.Hf/c2*1-2-5-8-6-3-4-7-8;;;/h2*3,6H,2,4-5H2,1H3;2*1H;/q2*-1;;;+4/p-2. The predicted octanol–water partition coefficient (Wildman–Crippen LogP) is -1.04. The third kappa shape index (κ3) is 11.2. The Labute approximate surface area is 135 Å². The minimum Gasteiger partial charge on any atom is -1.00 e. The molecule has 2 aliphatic rings. The first kappa shape index (κ1) is 23.8. The third-order valence-corrected chi connectivity index (χ3v) is 2.57. The zero-order valence-electron chi connectivity index (χ0n) is 11.8. The fraction of sp³-hybridized carbons (Fsp3) is 0.500. The smallest absolute Gasteiger partial charge is 1.00 e. The van der Waals surface area contributed by atoms with Crippen LogP contribution < -0.4 is 9.41 Å². The Balaban J connectivity index is -0.000000233. The fourth-order valence-corrected chi connectivity index (χ4v) is 1.78. The third-order valence-electron chi connectivity index (χ3n) is 2.57. The Hall–Kier alpha value is -0.310. The Morgan fingerprint density at radius 3 is 1.42 bits per heavy atom. The van der Waals surface area contributed by atoms with Gasteiger partial charge < -0.3 is 9.41 Å². The van der Waals surface area contributed by atoms with Crippen LogP contribution in [-0.2, 0) is 25.8 Å². The SMILES string of the molecule is CCCC1=[C-]CC=C1.CCCC1=[C-]CC=C1.[F-].[F-].[Hf+4]. The van der Waals surface area contributed by atoms with Crippen LogP contribution in [0.5, 0.6) is 0 Å².